The molecule has 3 heteroatoms. The van der Waals surface area contributed by atoms with Crippen LogP contribution in [0, 0.1) is 0 Å². The standard InChI is InChI=1S/C18H14N2S/c1-2-6-13(7-3-1)12-19-18-20-17-15-9-5-4-8-14(15)10-11-16(17)21-18/h1-11H,12H2,(H,19,20). The number of thiazole rings is 1. The highest BCUT2D eigenvalue weighted by Crippen LogP contribution is 2.31. The Hall–Kier alpha value is -2.39. The fourth-order valence-electron chi connectivity index (χ4n) is 2.51. The van der Waals surface area contributed by atoms with Crippen molar-refractivity contribution in [3.8, 4) is 0 Å². The van der Waals surface area contributed by atoms with Gasteiger partial charge in [-0.15, -0.1) is 0 Å². The van der Waals surface area contributed by atoms with Crippen LogP contribution in [0.5, 0.6) is 0 Å². The molecule has 4 rings (SSSR count). The highest BCUT2D eigenvalue weighted by atomic mass is 32.1. The monoisotopic (exact) mass is 290 g/mol. The fourth-order valence-corrected chi connectivity index (χ4v) is 3.39. The molecule has 1 heterocycles. The first-order valence-corrected chi connectivity index (χ1v) is 7.78. The average molecular weight is 290 g/mol. The van der Waals surface area contributed by atoms with E-state index < -0.39 is 0 Å². The van der Waals surface area contributed by atoms with Gasteiger partial charge in [0.25, 0.3) is 0 Å². The number of nitrogens with one attached hydrogen (secondary N) is 1. The molecule has 0 spiro atoms. The summed E-state index contributed by atoms with van der Waals surface area (Å²) in [5.41, 5.74) is 2.36. The largest absolute Gasteiger partial charge is 0.357 e. The second-order valence-corrected chi connectivity index (χ2v) is 6.02. The van der Waals surface area contributed by atoms with Gasteiger partial charge in [-0.25, -0.2) is 4.98 Å². The number of anilines is 1. The number of fused-ring (bicyclic) bond motifs is 3. The molecule has 1 aromatic heterocycles. The van der Waals surface area contributed by atoms with E-state index in [0.717, 1.165) is 17.2 Å². The van der Waals surface area contributed by atoms with Crippen LogP contribution in [-0.2, 0) is 6.54 Å². The van der Waals surface area contributed by atoms with Gasteiger partial charge in [0.2, 0.25) is 0 Å². The summed E-state index contributed by atoms with van der Waals surface area (Å²) in [4.78, 5) is 4.76. The Bertz CT molecular complexity index is 897. The van der Waals surface area contributed by atoms with Crippen molar-refractivity contribution in [2.24, 2.45) is 0 Å². The normalized spacial score (nSPS) is 11.0. The summed E-state index contributed by atoms with van der Waals surface area (Å²) in [5, 5.41) is 6.86. The molecule has 0 unspecified atom stereocenters. The predicted molar refractivity (Wildman–Crippen MR) is 90.9 cm³/mol. The van der Waals surface area contributed by atoms with Crippen molar-refractivity contribution in [1.29, 1.82) is 0 Å². The van der Waals surface area contributed by atoms with Gasteiger partial charge in [-0.2, -0.15) is 0 Å². The van der Waals surface area contributed by atoms with Crippen molar-refractivity contribution in [2.75, 3.05) is 5.32 Å². The molecule has 0 fully saturated rings. The van der Waals surface area contributed by atoms with Crippen LogP contribution >= 0.6 is 11.3 Å². The van der Waals surface area contributed by atoms with E-state index in [1.54, 1.807) is 11.3 Å². The Balaban J connectivity index is 1.69. The van der Waals surface area contributed by atoms with Gasteiger partial charge in [0.05, 0.1) is 10.2 Å². The van der Waals surface area contributed by atoms with Crippen LogP contribution in [0.15, 0.2) is 66.7 Å². The molecule has 102 valence electrons. The van der Waals surface area contributed by atoms with E-state index in [1.807, 2.05) is 6.07 Å². The van der Waals surface area contributed by atoms with Crippen molar-refractivity contribution >= 4 is 37.5 Å². The predicted octanol–water partition coefficient (Wildman–Crippen LogP) is 5.06. The second-order valence-electron chi connectivity index (χ2n) is 4.99. The number of nitrogens with zero attached hydrogens (tertiary/aromatic N) is 1. The van der Waals surface area contributed by atoms with Crippen LogP contribution in [0.2, 0.25) is 0 Å². The molecule has 0 aliphatic carbocycles. The molecule has 0 radical (unpaired) electrons. The summed E-state index contributed by atoms with van der Waals surface area (Å²) in [5.74, 6) is 0. The van der Waals surface area contributed by atoms with Crippen molar-refractivity contribution < 1.29 is 0 Å². The fraction of sp³-hybridized carbons (Fsp3) is 0.0556. The van der Waals surface area contributed by atoms with Crippen molar-refractivity contribution in [1.82, 2.24) is 4.98 Å². The molecule has 2 nitrogen and oxygen atoms in total. The van der Waals surface area contributed by atoms with Gasteiger partial charge in [0, 0.05) is 11.9 Å². The third-order valence-corrected chi connectivity index (χ3v) is 4.55. The highest BCUT2D eigenvalue weighted by Gasteiger charge is 2.06. The molecule has 0 amide bonds. The number of rotatable bonds is 3. The lowest BCUT2D eigenvalue weighted by molar-refractivity contribution is 1.14. The van der Waals surface area contributed by atoms with E-state index in [1.165, 1.54) is 21.0 Å². The topological polar surface area (TPSA) is 24.9 Å². The molecule has 0 saturated heterocycles. The Kier molecular flexibility index (Phi) is 3.05. The maximum atomic E-state index is 4.76. The van der Waals surface area contributed by atoms with E-state index >= 15 is 0 Å². The zero-order valence-corrected chi connectivity index (χ0v) is 12.2. The van der Waals surface area contributed by atoms with Crippen LogP contribution < -0.4 is 5.32 Å². The minimum Gasteiger partial charge on any atom is -0.357 e. The van der Waals surface area contributed by atoms with E-state index in [0.29, 0.717) is 0 Å². The Morgan fingerprint density at radius 1 is 0.857 bits per heavy atom. The van der Waals surface area contributed by atoms with E-state index in [2.05, 4.69) is 66.0 Å². The van der Waals surface area contributed by atoms with Gasteiger partial charge in [0.1, 0.15) is 0 Å². The molecule has 0 aliphatic heterocycles. The molecular weight excluding hydrogens is 276 g/mol. The van der Waals surface area contributed by atoms with Crippen molar-refractivity contribution in [3.63, 3.8) is 0 Å². The molecule has 4 aromatic rings. The summed E-state index contributed by atoms with van der Waals surface area (Å²) in [6, 6.07) is 23.1. The van der Waals surface area contributed by atoms with Gasteiger partial charge >= 0.3 is 0 Å². The van der Waals surface area contributed by atoms with Crippen molar-refractivity contribution in [3.05, 3.63) is 72.3 Å². The Morgan fingerprint density at radius 3 is 2.57 bits per heavy atom. The van der Waals surface area contributed by atoms with Gasteiger partial charge < -0.3 is 5.32 Å². The van der Waals surface area contributed by atoms with Gasteiger partial charge in [0.15, 0.2) is 5.13 Å². The number of aromatic nitrogens is 1. The summed E-state index contributed by atoms with van der Waals surface area (Å²) in [6.45, 7) is 0.804. The summed E-state index contributed by atoms with van der Waals surface area (Å²) < 4.78 is 1.23. The van der Waals surface area contributed by atoms with Gasteiger partial charge in [-0.05, 0) is 17.0 Å². The summed E-state index contributed by atoms with van der Waals surface area (Å²) in [7, 11) is 0. The van der Waals surface area contributed by atoms with Gasteiger partial charge in [-0.1, -0.05) is 72.0 Å². The lowest BCUT2D eigenvalue weighted by Crippen LogP contribution is -1.97. The molecule has 0 saturated carbocycles. The van der Waals surface area contributed by atoms with Crippen LogP contribution in [0.3, 0.4) is 0 Å². The lowest BCUT2D eigenvalue weighted by Gasteiger charge is -2.01. The van der Waals surface area contributed by atoms with E-state index in [-0.39, 0.29) is 0 Å². The number of hydrogen-bond acceptors (Lipinski definition) is 3. The average Bonchev–Trinajstić information content (AvgIpc) is 2.97. The molecule has 0 atom stereocenters. The third-order valence-electron chi connectivity index (χ3n) is 3.57. The highest BCUT2D eigenvalue weighted by molar-refractivity contribution is 7.22. The third kappa shape index (κ3) is 2.36. The molecule has 3 aromatic carbocycles. The SMILES string of the molecule is c1ccc(CNc2nc3c(ccc4ccccc43)s2)cc1. The Labute approximate surface area is 127 Å². The van der Waals surface area contributed by atoms with Crippen molar-refractivity contribution in [2.45, 2.75) is 6.54 Å². The maximum Gasteiger partial charge on any atom is 0.184 e. The number of benzene rings is 3. The minimum absolute atomic E-state index is 0.804. The van der Waals surface area contributed by atoms with Crippen LogP contribution in [0.4, 0.5) is 5.13 Å². The summed E-state index contributed by atoms with van der Waals surface area (Å²) in [6.07, 6.45) is 0. The first-order valence-electron chi connectivity index (χ1n) is 6.96. The molecule has 1 N–H and O–H groups in total. The van der Waals surface area contributed by atoms with Gasteiger partial charge in [-0.3, -0.25) is 0 Å². The first kappa shape index (κ1) is 12.4. The number of hydrogen-bond donors (Lipinski definition) is 1. The molecule has 0 bridgehead atoms. The van der Waals surface area contributed by atoms with Crippen LogP contribution in [0.25, 0.3) is 21.0 Å². The lowest BCUT2D eigenvalue weighted by atomic mass is 10.1. The van der Waals surface area contributed by atoms with E-state index in [9.17, 15) is 0 Å². The van der Waals surface area contributed by atoms with Crippen LogP contribution in [0.1, 0.15) is 5.56 Å². The van der Waals surface area contributed by atoms with E-state index in [4.69, 9.17) is 4.98 Å². The quantitative estimate of drug-likeness (QED) is 0.570. The zero-order chi connectivity index (χ0) is 14.1. The minimum atomic E-state index is 0.804. The smallest absolute Gasteiger partial charge is 0.184 e. The molecular formula is C18H14N2S. The maximum absolute atomic E-state index is 4.76. The zero-order valence-electron chi connectivity index (χ0n) is 11.4. The molecule has 0 aliphatic rings. The van der Waals surface area contributed by atoms with Crippen LogP contribution in [-0.4, -0.2) is 4.98 Å². The first-order chi connectivity index (χ1) is 10.4. The second kappa shape index (κ2) is 5.19. The Morgan fingerprint density at radius 2 is 1.67 bits per heavy atom. The molecule has 21 heavy (non-hydrogen) atoms. The summed E-state index contributed by atoms with van der Waals surface area (Å²) >= 11 is 1.71.